The van der Waals surface area contributed by atoms with E-state index in [4.69, 9.17) is 0 Å². The van der Waals surface area contributed by atoms with E-state index in [0.29, 0.717) is 11.3 Å². The Bertz CT molecular complexity index is 347. The Morgan fingerprint density at radius 1 is 1.50 bits per heavy atom. The van der Waals surface area contributed by atoms with Crippen molar-refractivity contribution in [3.8, 4) is 5.75 Å². The van der Waals surface area contributed by atoms with Gasteiger partial charge in [-0.3, -0.25) is 0 Å². The van der Waals surface area contributed by atoms with Gasteiger partial charge in [-0.2, -0.15) is 0 Å². The van der Waals surface area contributed by atoms with Crippen LogP contribution >= 0.6 is 15.9 Å². The molecule has 1 fully saturated rings. The predicted molar refractivity (Wildman–Crippen MR) is 60.3 cm³/mol. The molecule has 3 heteroatoms. The summed E-state index contributed by atoms with van der Waals surface area (Å²) in [6, 6.07) is 5.36. The Morgan fingerprint density at radius 2 is 2.21 bits per heavy atom. The van der Waals surface area contributed by atoms with Crippen molar-refractivity contribution in [2.45, 2.75) is 31.8 Å². The van der Waals surface area contributed by atoms with Crippen LogP contribution < -0.4 is 5.32 Å². The molecule has 0 amide bonds. The molecule has 0 atom stereocenters. The maximum Gasteiger partial charge on any atom is 0.115 e. The first-order chi connectivity index (χ1) is 6.59. The van der Waals surface area contributed by atoms with Gasteiger partial charge in [0.1, 0.15) is 5.75 Å². The molecule has 0 spiro atoms. The van der Waals surface area contributed by atoms with E-state index in [0.717, 1.165) is 16.6 Å². The number of halogens is 1. The van der Waals surface area contributed by atoms with E-state index in [1.54, 1.807) is 12.1 Å². The third kappa shape index (κ3) is 2.28. The molecule has 0 bridgehead atoms. The maximum absolute atomic E-state index is 9.33. The highest BCUT2D eigenvalue weighted by Gasteiger charge is 2.36. The normalized spacial score (nSPS) is 18.1. The van der Waals surface area contributed by atoms with Crippen LogP contribution in [0.2, 0.25) is 0 Å². The summed E-state index contributed by atoms with van der Waals surface area (Å²) in [4.78, 5) is 0. The summed E-state index contributed by atoms with van der Waals surface area (Å²) < 4.78 is 1.05. The van der Waals surface area contributed by atoms with E-state index < -0.39 is 0 Å². The van der Waals surface area contributed by atoms with Crippen LogP contribution in [0.15, 0.2) is 22.7 Å². The van der Waals surface area contributed by atoms with Crippen molar-refractivity contribution < 1.29 is 5.11 Å². The monoisotopic (exact) mass is 255 g/mol. The molecule has 76 valence electrons. The van der Waals surface area contributed by atoms with Crippen molar-refractivity contribution in [3.05, 3.63) is 28.2 Å². The highest BCUT2D eigenvalue weighted by molar-refractivity contribution is 9.10. The number of hydrogen-bond donors (Lipinski definition) is 2. The van der Waals surface area contributed by atoms with Gasteiger partial charge in [-0.25, -0.2) is 0 Å². The smallest absolute Gasteiger partial charge is 0.115 e. The molecule has 2 nitrogen and oxygen atoms in total. The molecule has 1 aromatic carbocycles. The molecule has 0 heterocycles. The summed E-state index contributed by atoms with van der Waals surface area (Å²) >= 11 is 3.47. The van der Waals surface area contributed by atoms with Gasteiger partial charge in [0, 0.05) is 16.6 Å². The molecule has 1 aromatic rings. The van der Waals surface area contributed by atoms with Gasteiger partial charge in [0.2, 0.25) is 0 Å². The topological polar surface area (TPSA) is 32.3 Å². The molecule has 0 saturated heterocycles. The first kappa shape index (κ1) is 9.99. The Morgan fingerprint density at radius 3 is 2.86 bits per heavy atom. The zero-order chi connectivity index (χ0) is 10.2. The molecule has 0 aliphatic heterocycles. The minimum Gasteiger partial charge on any atom is -0.508 e. The second-order valence-corrected chi connectivity index (χ2v) is 5.04. The summed E-state index contributed by atoms with van der Waals surface area (Å²) in [5, 5.41) is 12.8. The van der Waals surface area contributed by atoms with Crippen LogP contribution in [0, 0.1) is 0 Å². The first-order valence-electron chi connectivity index (χ1n) is 4.81. The Balaban J connectivity index is 2.04. The Hall–Kier alpha value is -0.540. The lowest BCUT2D eigenvalue weighted by Crippen LogP contribution is -2.27. The van der Waals surface area contributed by atoms with Crippen molar-refractivity contribution in [3.63, 3.8) is 0 Å². The lowest BCUT2D eigenvalue weighted by atomic mass is 10.2. The molecule has 2 rings (SSSR count). The standard InChI is InChI=1S/C11H14BrNO/c1-11(4-5-11)13-7-8-6-9(14)2-3-10(8)12/h2-3,6,13-14H,4-5,7H2,1H3. The predicted octanol–water partition coefficient (Wildman–Crippen LogP) is 2.80. The molecule has 1 aliphatic rings. The van der Waals surface area contributed by atoms with Crippen molar-refractivity contribution in [1.82, 2.24) is 5.32 Å². The average Bonchev–Trinajstić information content (AvgIpc) is 2.87. The molecule has 0 radical (unpaired) electrons. The molecule has 14 heavy (non-hydrogen) atoms. The van der Waals surface area contributed by atoms with Gasteiger partial charge in [-0.05, 0) is 43.5 Å². The summed E-state index contributed by atoms with van der Waals surface area (Å²) in [5.41, 5.74) is 1.45. The molecule has 2 N–H and O–H groups in total. The number of rotatable bonds is 3. The van der Waals surface area contributed by atoms with Crippen molar-refractivity contribution >= 4 is 15.9 Å². The van der Waals surface area contributed by atoms with Gasteiger partial charge < -0.3 is 10.4 Å². The van der Waals surface area contributed by atoms with E-state index in [1.807, 2.05) is 6.07 Å². The molecular formula is C11H14BrNO. The third-order valence-corrected chi connectivity index (χ3v) is 3.51. The van der Waals surface area contributed by atoms with Gasteiger partial charge in [-0.15, -0.1) is 0 Å². The van der Waals surface area contributed by atoms with E-state index in [9.17, 15) is 5.11 Å². The molecule has 1 aliphatic carbocycles. The lowest BCUT2D eigenvalue weighted by Gasteiger charge is -2.12. The lowest BCUT2D eigenvalue weighted by molar-refractivity contribution is 0.472. The number of hydrogen-bond acceptors (Lipinski definition) is 2. The molecule has 0 unspecified atom stereocenters. The number of phenols is 1. The van der Waals surface area contributed by atoms with Gasteiger partial charge >= 0.3 is 0 Å². The fourth-order valence-corrected chi connectivity index (χ4v) is 1.76. The van der Waals surface area contributed by atoms with Crippen LogP contribution in [0.4, 0.5) is 0 Å². The number of benzene rings is 1. The van der Waals surface area contributed by atoms with E-state index in [-0.39, 0.29) is 0 Å². The molecule has 1 saturated carbocycles. The van der Waals surface area contributed by atoms with Gasteiger partial charge in [-0.1, -0.05) is 15.9 Å². The largest absolute Gasteiger partial charge is 0.508 e. The number of nitrogens with one attached hydrogen (secondary N) is 1. The van der Waals surface area contributed by atoms with E-state index in [1.165, 1.54) is 12.8 Å². The van der Waals surface area contributed by atoms with Crippen LogP contribution in [0.25, 0.3) is 0 Å². The Kier molecular flexibility index (Phi) is 2.54. The molecular weight excluding hydrogens is 242 g/mol. The second kappa shape index (κ2) is 3.55. The summed E-state index contributed by atoms with van der Waals surface area (Å²) in [6.45, 7) is 3.04. The highest BCUT2D eigenvalue weighted by atomic mass is 79.9. The van der Waals surface area contributed by atoms with Gasteiger partial charge in [0.25, 0.3) is 0 Å². The van der Waals surface area contributed by atoms with Gasteiger partial charge in [0.05, 0.1) is 0 Å². The van der Waals surface area contributed by atoms with Crippen molar-refractivity contribution in [1.29, 1.82) is 0 Å². The second-order valence-electron chi connectivity index (χ2n) is 4.19. The zero-order valence-electron chi connectivity index (χ0n) is 8.18. The maximum atomic E-state index is 9.33. The first-order valence-corrected chi connectivity index (χ1v) is 5.61. The minimum atomic E-state index is 0.325. The number of phenolic OH excluding ortho intramolecular Hbond substituents is 1. The molecule has 0 aromatic heterocycles. The van der Waals surface area contributed by atoms with Crippen LogP contribution in [-0.2, 0) is 6.54 Å². The number of aromatic hydroxyl groups is 1. The average molecular weight is 256 g/mol. The van der Waals surface area contributed by atoms with Crippen molar-refractivity contribution in [2.24, 2.45) is 0 Å². The van der Waals surface area contributed by atoms with Crippen LogP contribution in [0.3, 0.4) is 0 Å². The quantitative estimate of drug-likeness (QED) is 0.871. The minimum absolute atomic E-state index is 0.325. The SMILES string of the molecule is CC1(NCc2cc(O)ccc2Br)CC1. The van der Waals surface area contributed by atoms with Crippen molar-refractivity contribution in [2.75, 3.05) is 0 Å². The van der Waals surface area contributed by atoms with E-state index >= 15 is 0 Å². The highest BCUT2D eigenvalue weighted by Crippen LogP contribution is 2.35. The summed E-state index contributed by atoms with van der Waals surface area (Å²) in [5.74, 6) is 0.325. The Labute approximate surface area is 92.5 Å². The van der Waals surface area contributed by atoms with Gasteiger partial charge in [0.15, 0.2) is 0 Å². The fraction of sp³-hybridized carbons (Fsp3) is 0.455. The van der Waals surface area contributed by atoms with Crippen LogP contribution in [-0.4, -0.2) is 10.6 Å². The van der Waals surface area contributed by atoms with E-state index in [2.05, 4.69) is 28.2 Å². The fourth-order valence-electron chi connectivity index (χ4n) is 1.37. The van der Waals surface area contributed by atoms with Crippen LogP contribution in [0.1, 0.15) is 25.3 Å². The summed E-state index contributed by atoms with van der Waals surface area (Å²) in [7, 11) is 0. The van der Waals surface area contributed by atoms with Crippen LogP contribution in [0.5, 0.6) is 5.75 Å². The summed E-state index contributed by atoms with van der Waals surface area (Å²) in [6.07, 6.45) is 2.51. The zero-order valence-corrected chi connectivity index (χ0v) is 9.76. The third-order valence-electron chi connectivity index (χ3n) is 2.73.